The Kier molecular flexibility index (Phi) is 4.81. The summed E-state index contributed by atoms with van der Waals surface area (Å²) in [5, 5.41) is 3.63. The van der Waals surface area contributed by atoms with Crippen LogP contribution in [0.5, 0.6) is 5.75 Å². The normalized spacial score (nSPS) is 23.4. The molecule has 1 aromatic rings. The molecule has 0 amide bonds. The number of nitrogens with zero attached hydrogens (tertiary/aromatic N) is 1. The van der Waals surface area contributed by atoms with Crippen molar-refractivity contribution in [2.24, 2.45) is 5.92 Å². The van der Waals surface area contributed by atoms with Crippen molar-refractivity contribution < 1.29 is 4.74 Å². The van der Waals surface area contributed by atoms with Gasteiger partial charge in [0.2, 0.25) is 0 Å². The molecule has 2 atom stereocenters. The highest BCUT2D eigenvalue weighted by molar-refractivity contribution is 5.41. The number of hydrogen-bond donors (Lipinski definition) is 1. The highest BCUT2D eigenvalue weighted by atomic mass is 16.5. The second-order valence-electron chi connectivity index (χ2n) is 5.70. The summed E-state index contributed by atoms with van der Waals surface area (Å²) in [6.45, 7) is 7.61. The van der Waals surface area contributed by atoms with Crippen LogP contribution in [0.15, 0.2) is 6.20 Å². The maximum atomic E-state index is 5.49. The Balaban J connectivity index is 2.10. The zero-order chi connectivity index (χ0) is 13.8. The lowest BCUT2D eigenvalue weighted by Gasteiger charge is -2.30. The van der Waals surface area contributed by atoms with E-state index in [0.29, 0.717) is 6.04 Å². The minimum Gasteiger partial charge on any atom is -0.496 e. The molecule has 0 spiro atoms. The van der Waals surface area contributed by atoms with E-state index in [2.05, 4.69) is 31.1 Å². The predicted octanol–water partition coefficient (Wildman–Crippen LogP) is 3.03. The monoisotopic (exact) mass is 262 g/mol. The molecule has 1 N–H and O–H groups in total. The Morgan fingerprint density at radius 1 is 1.42 bits per heavy atom. The van der Waals surface area contributed by atoms with Crippen LogP contribution in [0.2, 0.25) is 0 Å². The van der Waals surface area contributed by atoms with Gasteiger partial charge in [-0.3, -0.25) is 4.98 Å². The van der Waals surface area contributed by atoms with Gasteiger partial charge in [0.1, 0.15) is 5.75 Å². The second kappa shape index (κ2) is 6.38. The molecule has 1 saturated heterocycles. The van der Waals surface area contributed by atoms with Crippen LogP contribution >= 0.6 is 0 Å². The Morgan fingerprint density at radius 2 is 2.21 bits per heavy atom. The van der Waals surface area contributed by atoms with Gasteiger partial charge in [-0.15, -0.1) is 0 Å². The number of ether oxygens (including phenoxy) is 1. The van der Waals surface area contributed by atoms with Gasteiger partial charge in [0, 0.05) is 35.5 Å². The van der Waals surface area contributed by atoms with E-state index in [0.717, 1.165) is 30.2 Å². The van der Waals surface area contributed by atoms with Gasteiger partial charge < -0.3 is 10.1 Å². The molecule has 1 aliphatic rings. The fourth-order valence-corrected chi connectivity index (χ4v) is 3.13. The number of rotatable bonds is 4. The van der Waals surface area contributed by atoms with Crippen molar-refractivity contribution in [1.29, 1.82) is 0 Å². The maximum Gasteiger partial charge on any atom is 0.128 e. The quantitative estimate of drug-likeness (QED) is 0.905. The number of hydrogen-bond acceptors (Lipinski definition) is 3. The lowest BCUT2D eigenvalue weighted by molar-refractivity contribution is 0.292. The van der Waals surface area contributed by atoms with E-state index in [1.807, 2.05) is 6.20 Å². The predicted molar refractivity (Wildman–Crippen MR) is 78.8 cm³/mol. The molecule has 106 valence electrons. The van der Waals surface area contributed by atoms with Crippen molar-refractivity contribution >= 4 is 0 Å². The van der Waals surface area contributed by atoms with E-state index in [9.17, 15) is 0 Å². The van der Waals surface area contributed by atoms with Crippen molar-refractivity contribution in [1.82, 2.24) is 10.3 Å². The van der Waals surface area contributed by atoms with Crippen LogP contribution in [0.3, 0.4) is 0 Å². The van der Waals surface area contributed by atoms with Gasteiger partial charge in [-0.25, -0.2) is 0 Å². The van der Waals surface area contributed by atoms with Crippen molar-refractivity contribution in [3.63, 3.8) is 0 Å². The van der Waals surface area contributed by atoms with E-state index < -0.39 is 0 Å². The highest BCUT2D eigenvalue weighted by Gasteiger charge is 2.22. The van der Waals surface area contributed by atoms with Crippen LogP contribution in [-0.2, 0) is 6.42 Å². The third-order valence-electron chi connectivity index (χ3n) is 4.37. The first kappa shape index (κ1) is 14.3. The van der Waals surface area contributed by atoms with E-state index in [-0.39, 0.29) is 0 Å². The van der Waals surface area contributed by atoms with Crippen LogP contribution in [-0.4, -0.2) is 24.7 Å². The SMILES string of the molecule is CCC1CCNC(Cc2ncc(C)c(OC)c2C)C1. The molecule has 1 aromatic heterocycles. The molecule has 2 rings (SSSR count). The highest BCUT2D eigenvalue weighted by Crippen LogP contribution is 2.27. The number of nitrogens with one attached hydrogen (secondary N) is 1. The minimum absolute atomic E-state index is 0.567. The second-order valence-corrected chi connectivity index (χ2v) is 5.70. The van der Waals surface area contributed by atoms with Crippen molar-refractivity contribution in [3.05, 3.63) is 23.0 Å². The van der Waals surface area contributed by atoms with Gasteiger partial charge in [0.05, 0.1) is 7.11 Å². The molecular formula is C16H26N2O. The van der Waals surface area contributed by atoms with Crippen molar-refractivity contribution in [3.8, 4) is 5.75 Å². The average Bonchev–Trinajstić information content (AvgIpc) is 2.43. The summed E-state index contributed by atoms with van der Waals surface area (Å²) >= 11 is 0. The summed E-state index contributed by atoms with van der Waals surface area (Å²) in [6.07, 6.45) is 6.83. The third-order valence-corrected chi connectivity index (χ3v) is 4.37. The molecule has 2 heterocycles. The molecular weight excluding hydrogens is 236 g/mol. The van der Waals surface area contributed by atoms with Crippen molar-refractivity contribution in [2.75, 3.05) is 13.7 Å². The summed E-state index contributed by atoms with van der Waals surface area (Å²) in [5.74, 6) is 1.87. The van der Waals surface area contributed by atoms with Crippen LogP contribution in [0.25, 0.3) is 0 Å². The fraction of sp³-hybridized carbons (Fsp3) is 0.688. The molecule has 2 unspecified atom stereocenters. The smallest absolute Gasteiger partial charge is 0.128 e. The zero-order valence-corrected chi connectivity index (χ0v) is 12.6. The molecule has 1 fully saturated rings. The van der Waals surface area contributed by atoms with E-state index >= 15 is 0 Å². The fourth-order valence-electron chi connectivity index (χ4n) is 3.13. The van der Waals surface area contributed by atoms with Crippen LogP contribution < -0.4 is 10.1 Å². The molecule has 19 heavy (non-hydrogen) atoms. The first-order chi connectivity index (χ1) is 9.15. The zero-order valence-electron chi connectivity index (χ0n) is 12.6. The van der Waals surface area contributed by atoms with Crippen molar-refractivity contribution in [2.45, 2.75) is 52.5 Å². The van der Waals surface area contributed by atoms with Crippen LogP contribution in [0.4, 0.5) is 0 Å². The lowest BCUT2D eigenvalue weighted by Crippen LogP contribution is -2.39. The Bertz CT molecular complexity index is 431. The first-order valence-corrected chi connectivity index (χ1v) is 7.38. The minimum atomic E-state index is 0.567. The number of aromatic nitrogens is 1. The lowest BCUT2D eigenvalue weighted by atomic mass is 9.88. The van der Waals surface area contributed by atoms with E-state index in [4.69, 9.17) is 4.74 Å². The summed E-state index contributed by atoms with van der Waals surface area (Å²) in [4.78, 5) is 4.61. The van der Waals surface area contributed by atoms with Gasteiger partial charge in [-0.1, -0.05) is 13.3 Å². The third kappa shape index (κ3) is 3.27. The van der Waals surface area contributed by atoms with Gasteiger partial charge in [0.25, 0.3) is 0 Å². The summed E-state index contributed by atoms with van der Waals surface area (Å²) in [5.41, 5.74) is 3.49. The summed E-state index contributed by atoms with van der Waals surface area (Å²) in [6, 6.07) is 0.567. The van der Waals surface area contributed by atoms with Gasteiger partial charge >= 0.3 is 0 Å². The molecule has 3 heteroatoms. The van der Waals surface area contributed by atoms with E-state index in [1.54, 1.807) is 7.11 Å². The number of methoxy groups -OCH3 is 1. The van der Waals surface area contributed by atoms with Gasteiger partial charge in [0.15, 0.2) is 0 Å². The molecule has 0 aliphatic carbocycles. The maximum absolute atomic E-state index is 5.49. The summed E-state index contributed by atoms with van der Waals surface area (Å²) in [7, 11) is 1.74. The van der Waals surface area contributed by atoms with Gasteiger partial charge in [-0.05, 0) is 39.2 Å². The number of piperidine rings is 1. The standard InChI is InChI=1S/C16H26N2O/c1-5-13-6-7-17-14(8-13)9-15-12(3)16(19-4)11(2)10-18-15/h10,13-14,17H,5-9H2,1-4H3. The molecule has 3 nitrogen and oxygen atoms in total. The number of pyridine rings is 1. The molecule has 0 aromatic carbocycles. The number of aryl methyl sites for hydroxylation is 1. The topological polar surface area (TPSA) is 34.2 Å². The van der Waals surface area contributed by atoms with Gasteiger partial charge in [-0.2, -0.15) is 0 Å². The first-order valence-electron chi connectivity index (χ1n) is 7.38. The Labute approximate surface area is 116 Å². The molecule has 0 radical (unpaired) electrons. The van der Waals surface area contributed by atoms with Crippen LogP contribution in [0, 0.1) is 19.8 Å². The molecule has 0 bridgehead atoms. The summed E-state index contributed by atoms with van der Waals surface area (Å²) < 4.78 is 5.49. The average molecular weight is 262 g/mol. The Hall–Kier alpha value is -1.09. The van der Waals surface area contributed by atoms with E-state index in [1.165, 1.54) is 30.5 Å². The molecule has 1 aliphatic heterocycles. The Morgan fingerprint density at radius 3 is 2.89 bits per heavy atom. The molecule has 0 saturated carbocycles. The van der Waals surface area contributed by atoms with Crippen LogP contribution in [0.1, 0.15) is 43.0 Å². The largest absolute Gasteiger partial charge is 0.496 e.